The molecule has 2 aromatic carbocycles. The number of benzene rings is 2. The van der Waals surface area contributed by atoms with Gasteiger partial charge in [0.2, 0.25) is 11.8 Å². The minimum absolute atomic E-state index is 0.205. The predicted molar refractivity (Wildman–Crippen MR) is 104 cm³/mol. The average molecular weight is 361 g/mol. The highest BCUT2D eigenvalue weighted by Gasteiger charge is 2.15. The van der Waals surface area contributed by atoms with Crippen molar-refractivity contribution in [3.63, 3.8) is 0 Å². The van der Waals surface area contributed by atoms with Gasteiger partial charge in [0.05, 0.1) is 0 Å². The second-order valence-electron chi connectivity index (χ2n) is 5.85. The van der Waals surface area contributed by atoms with E-state index >= 15 is 0 Å². The lowest BCUT2D eigenvalue weighted by atomic mass is 10.2. The van der Waals surface area contributed by atoms with E-state index in [-0.39, 0.29) is 11.8 Å². The summed E-state index contributed by atoms with van der Waals surface area (Å²) in [6.07, 6.45) is 6.10. The highest BCUT2D eigenvalue weighted by molar-refractivity contribution is 6.02. The molecule has 1 aromatic heterocycles. The molecule has 2 amide bonds. The predicted octanol–water partition coefficient (Wildman–Crippen LogP) is 3.13. The number of aromatic nitrogens is 3. The molecule has 0 aliphatic rings. The van der Waals surface area contributed by atoms with Gasteiger partial charge in [0.1, 0.15) is 18.7 Å². The zero-order valence-corrected chi connectivity index (χ0v) is 14.7. The normalized spacial score (nSPS) is 11.9. The van der Waals surface area contributed by atoms with Crippen molar-refractivity contribution in [3.8, 4) is 0 Å². The third kappa shape index (κ3) is 5.12. The second kappa shape index (κ2) is 8.57. The molecule has 0 aliphatic carbocycles. The van der Waals surface area contributed by atoms with Crippen LogP contribution in [0, 0.1) is 0 Å². The Hall–Kier alpha value is -3.74. The van der Waals surface area contributed by atoms with Crippen LogP contribution < -0.4 is 10.6 Å². The maximum atomic E-state index is 12.2. The average Bonchev–Trinajstić information content (AvgIpc) is 3.23. The first-order valence-electron chi connectivity index (χ1n) is 8.41. The molecular weight excluding hydrogens is 342 g/mol. The molecule has 136 valence electrons. The fourth-order valence-electron chi connectivity index (χ4n) is 2.34. The molecule has 1 atom stereocenters. The van der Waals surface area contributed by atoms with Crippen LogP contribution in [0.15, 0.2) is 73.3 Å². The number of rotatable bonds is 6. The number of anilines is 2. The number of carbonyl (C=O) groups is 2. The molecule has 27 heavy (non-hydrogen) atoms. The molecule has 2 N–H and O–H groups in total. The first-order chi connectivity index (χ1) is 13.1. The minimum Gasteiger partial charge on any atom is -0.324 e. The third-order valence-corrected chi connectivity index (χ3v) is 3.86. The molecule has 0 aliphatic heterocycles. The number of carbonyl (C=O) groups excluding carboxylic acids is 2. The van der Waals surface area contributed by atoms with E-state index in [4.69, 9.17) is 0 Å². The van der Waals surface area contributed by atoms with E-state index in [9.17, 15) is 9.59 Å². The summed E-state index contributed by atoms with van der Waals surface area (Å²) in [4.78, 5) is 28.0. The molecule has 0 spiro atoms. The van der Waals surface area contributed by atoms with Gasteiger partial charge in [0.25, 0.3) is 0 Å². The monoisotopic (exact) mass is 361 g/mol. The van der Waals surface area contributed by atoms with E-state index in [1.807, 2.05) is 30.3 Å². The van der Waals surface area contributed by atoms with Crippen LogP contribution in [0.3, 0.4) is 0 Å². The summed E-state index contributed by atoms with van der Waals surface area (Å²) >= 11 is 0. The van der Waals surface area contributed by atoms with Gasteiger partial charge in [0.15, 0.2) is 0 Å². The molecule has 3 aromatic rings. The van der Waals surface area contributed by atoms with Crippen LogP contribution in [0.4, 0.5) is 11.4 Å². The fourth-order valence-corrected chi connectivity index (χ4v) is 2.34. The zero-order chi connectivity index (χ0) is 19.1. The smallest absolute Gasteiger partial charge is 0.249 e. The van der Waals surface area contributed by atoms with Gasteiger partial charge in [-0.15, -0.1) is 0 Å². The molecule has 0 bridgehead atoms. The lowest BCUT2D eigenvalue weighted by molar-refractivity contribution is -0.119. The van der Waals surface area contributed by atoms with Crippen LogP contribution in [0.25, 0.3) is 6.08 Å². The van der Waals surface area contributed by atoms with Crippen LogP contribution in [0.1, 0.15) is 18.5 Å². The lowest BCUT2D eigenvalue weighted by Crippen LogP contribution is -2.24. The topological polar surface area (TPSA) is 88.9 Å². The van der Waals surface area contributed by atoms with Gasteiger partial charge in [-0.2, -0.15) is 5.10 Å². The van der Waals surface area contributed by atoms with Gasteiger partial charge in [0, 0.05) is 17.5 Å². The summed E-state index contributed by atoms with van der Waals surface area (Å²) in [7, 11) is 0. The Kier molecular flexibility index (Phi) is 5.73. The van der Waals surface area contributed by atoms with E-state index in [2.05, 4.69) is 20.7 Å². The molecule has 3 rings (SSSR count). The zero-order valence-electron chi connectivity index (χ0n) is 14.7. The molecule has 7 heteroatoms. The molecule has 0 radical (unpaired) electrons. The summed E-state index contributed by atoms with van der Waals surface area (Å²) in [6, 6.07) is 16.0. The van der Waals surface area contributed by atoms with Crippen molar-refractivity contribution in [1.82, 2.24) is 14.8 Å². The van der Waals surface area contributed by atoms with Crippen molar-refractivity contribution in [2.75, 3.05) is 10.6 Å². The molecule has 1 heterocycles. The third-order valence-electron chi connectivity index (χ3n) is 3.86. The summed E-state index contributed by atoms with van der Waals surface area (Å²) in [5.41, 5.74) is 2.22. The van der Waals surface area contributed by atoms with Crippen molar-refractivity contribution in [2.24, 2.45) is 0 Å². The Labute approximate surface area is 156 Å². The van der Waals surface area contributed by atoms with Gasteiger partial charge in [-0.05, 0) is 42.8 Å². The van der Waals surface area contributed by atoms with E-state index < -0.39 is 6.04 Å². The summed E-state index contributed by atoms with van der Waals surface area (Å²) in [5, 5.41) is 9.54. The second-order valence-corrected chi connectivity index (χ2v) is 5.85. The molecule has 0 saturated heterocycles. The van der Waals surface area contributed by atoms with Crippen molar-refractivity contribution in [2.45, 2.75) is 13.0 Å². The molecule has 0 saturated carbocycles. The number of hydrogen-bond acceptors (Lipinski definition) is 4. The van der Waals surface area contributed by atoms with Crippen molar-refractivity contribution in [3.05, 3.63) is 78.9 Å². The Balaban J connectivity index is 1.54. The van der Waals surface area contributed by atoms with Gasteiger partial charge in [-0.1, -0.05) is 30.3 Å². The maximum absolute atomic E-state index is 12.2. The Morgan fingerprint density at radius 3 is 2.30 bits per heavy atom. The lowest BCUT2D eigenvalue weighted by Gasteiger charge is -2.12. The Bertz CT molecular complexity index is 919. The van der Waals surface area contributed by atoms with Crippen molar-refractivity contribution in [1.29, 1.82) is 0 Å². The number of hydrogen-bond donors (Lipinski definition) is 2. The molecular formula is C20H19N5O2. The van der Waals surface area contributed by atoms with Gasteiger partial charge < -0.3 is 10.6 Å². The minimum atomic E-state index is -0.477. The van der Waals surface area contributed by atoms with Crippen LogP contribution >= 0.6 is 0 Å². The molecule has 0 fully saturated rings. The SMILES string of the molecule is CC(C(=O)Nc1ccc(NC(=O)C=Cc2ccccc2)cc1)n1cncn1. The van der Waals surface area contributed by atoms with Crippen LogP contribution in [0.2, 0.25) is 0 Å². The van der Waals surface area contributed by atoms with Gasteiger partial charge in [-0.3, -0.25) is 9.59 Å². The van der Waals surface area contributed by atoms with Gasteiger partial charge >= 0.3 is 0 Å². The number of amides is 2. The number of nitrogens with one attached hydrogen (secondary N) is 2. The van der Waals surface area contributed by atoms with Crippen LogP contribution in [-0.2, 0) is 9.59 Å². The van der Waals surface area contributed by atoms with E-state index in [0.29, 0.717) is 11.4 Å². The summed E-state index contributed by atoms with van der Waals surface area (Å²) in [5.74, 6) is -0.432. The summed E-state index contributed by atoms with van der Waals surface area (Å²) < 4.78 is 1.48. The van der Waals surface area contributed by atoms with Crippen LogP contribution in [0.5, 0.6) is 0 Å². The Morgan fingerprint density at radius 1 is 1.00 bits per heavy atom. The molecule has 7 nitrogen and oxygen atoms in total. The van der Waals surface area contributed by atoms with E-state index in [0.717, 1.165) is 5.56 Å². The first-order valence-corrected chi connectivity index (χ1v) is 8.41. The molecule has 1 unspecified atom stereocenters. The highest BCUT2D eigenvalue weighted by Crippen LogP contribution is 2.15. The standard InChI is InChI=1S/C20H19N5O2/c1-15(25-14-21-13-22-25)20(27)24-18-10-8-17(9-11-18)23-19(26)12-7-16-5-3-2-4-6-16/h2-15H,1H3,(H,23,26)(H,24,27). The highest BCUT2D eigenvalue weighted by atomic mass is 16.2. The van der Waals surface area contributed by atoms with Gasteiger partial charge in [-0.25, -0.2) is 9.67 Å². The van der Waals surface area contributed by atoms with Crippen molar-refractivity contribution >= 4 is 29.3 Å². The number of nitrogens with zero attached hydrogens (tertiary/aromatic N) is 3. The van der Waals surface area contributed by atoms with E-state index in [1.54, 1.807) is 37.3 Å². The Morgan fingerprint density at radius 2 is 1.67 bits per heavy atom. The largest absolute Gasteiger partial charge is 0.324 e. The van der Waals surface area contributed by atoms with E-state index in [1.165, 1.54) is 23.4 Å². The summed E-state index contributed by atoms with van der Waals surface area (Å²) in [6.45, 7) is 1.73. The van der Waals surface area contributed by atoms with Crippen molar-refractivity contribution < 1.29 is 9.59 Å². The quantitative estimate of drug-likeness (QED) is 0.660. The van der Waals surface area contributed by atoms with Crippen LogP contribution in [-0.4, -0.2) is 26.6 Å². The fraction of sp³-hybridized carbons (Fsp3) is 0.100. The maximum Gasteiger partial charge on any atom is 0.249 e. The first kappa shape index (κ1) is 18.1.